The second-order valence-corrected chi connectivity index (χ2v) is 8.39. The van der Waals surface area contributed by atoms with Gasteiger partial charge >= 0.3 is 0 Å². The fourth-order valence-electron chi connectivity index (χ4n) is 2.57. The average Bonchev–Trinajstić information content (AvgIpc) is 3.06. The summed E-state index contributed by atoms with van der Waals surface area (Å²) in [6, 6.07) is 6.90. The molecule has 5 nitrogen and oxygen atoms in total. The summed E-state index contributed by atoms with van der Waals surface area (Å²) in [5, 5.41) is 2.88. The van der Waals surface area contributed by atoms with Crippen molar-refractivity contribution in [3.8, 4) is 0 Å². The van der Waals surface area contributed by atoms with E-state index in [-0.39, 0.29) is 5.91 Å². The summed E-state index contributed by atoms with van der Waals surface area (Å²) in [5.41, 5.74) is 0.977. The summed E-state index contributed by atoms with van der Waals surface area (Å²) >= 11 is 0. The maximum atomic E-state index is 12.4. The lowest BCUT2D eigenvalue weighted by atomic mass is 10.1. The highest BCUT2D eigenvalue weighted by Gasteiger charge is 2.26. The SMILES string of the molecule is CC(C)CNC(=O)CCc1ccc(S(=O)(=O)N2CCCC2)cc1. The van der Waals surface area contributed by atoms with Gasteiger partial charge in [-0.15, -0.1) is 0 Å². The van der Waals surface area contributed by atoms with Crippen LogP contribution < -0.4 is 5.32 Å². The van der Waals surface area contributed by atoms with E-state index in [0.29, 0.717) is 43.3 Å². The molecule has 1 fully saturated rings. The molecule has 128 valence electrons. The summed E-state index contributed by atoms with van der Waals surface area (Å²) < 4.78 is 26.4. The predicted molar refractivity (Wildman–Crippen MR) is 90.6 cm³/mol. The van der Waals surface area contributed by atoms with Crippen LogP contribution in [0, 0.1) is 5.92 Å². The van der Waals surface area contributed by atoms with Gasteiger partial charge in [-0.25, -0.2) is 8.42 Å². The minimum absolute atomic E-state index is 0.0347. The lowest BCUT2D eigenvalue weighted by molar-refractivity contribution is -0.121. The topological polar surface area (TPSA) is 66.5 Å². The molecule has 0 aliphatic carbocycles. The van der Waals surface area contributed by atoms with E-state index in [2.05, 4.69) is 19.2 Å². The Labute approximate surface area is 139 Å². The van der Waals surface area contributed by atoms with E-state index in [1.54, 1.807) is 28.6 Å². The van der Waals surface area contributed by atoms with Gasteiger partial charge in [-0.05, 0) is 42.9 Å². The van der Waals surface area contributed by atoms with Gasteiger partial charge in [-0.3, -0.25) is 4.79 Å². The Morgan fingerprint density at radius 1 is 1.17 bits per heavy atom. The molecule has 1 N–H and O–H groups in total. The Hall–Kier alpha value is -1.40. The van der Waals surface area contributed by atoms with Crippen LogP contribution in [-0.4, -0.2) is 38.3 Å². The van der Waals surface area contributed by atoms with E-state index < -0.39 is 10.0 Å². The largest absolute Gasteiger partial charge is 0.356 e. The molecule has 0 bridgehead atoms. The molecule has 6 heteroatoms. The van der Waals surface area contributed by atoms with Crippen molar-refractivity contribution in [3.63, 3.8) is 0 Å². The van der Waals surface area contributed by atoms with E-state index in [9.17, 15) is 13.2 Å². The monoisotopic (exact) mass is 338 g/mol. The van der Waals surface area contributed by atoms with Crippen LogP contribution >= 0.6 is 0 Å². The zero-order valence-corrected chi connectivity index (χ0v) is 14.7. The Balaban J connectivity index is 1.90. The highest BCUT2D eigenvalue weighted by atomic mass is 32.2. The fourth-order valence-corrected chi connectivity index (χ4v) is 4.09. The number of aryl methyl sites for hydroxylation is 1. The lowest BCUT2D eigenvalue weighted by Crippen LogP contribution is -2.28. The molecule has 0 unspecified atom stereocenters. The average molecular weight is 338 g/mol. The number of hydrogen-bond donors (Lipinski definition) is 1. The van der Waals surface area contributed by atoms with Crippen LogP contribution in [0.2, 0.25) is 0 Å². The Morgan fingerprint density at radius 2 is 1.78 bits per heavy atom. The minimum Gasteiger partial charge on any atom is -0.356 e. The van der Waals surface area contributed by atoms with Gasteiger partial charge in [0.15, 0.2) is 0 Å². The standard InChI is InChI=1S/C17H26N2O3S/c1-14(2)13-18-17(20)10-7-15-5-8-16(9-6-15)23(21,22)19-11-3-4-12-19/h5-6,8-9,14H,3-4,7,10-13H2,1-2H3,(H,18,20). The number of sulfonamides is 1. The third-order valence-electron chi connectivity index (χ3n) is 3.97. The summed E-state index contributed by atoms with van der Waals surface area (Å²) in [7, 11) is -3.35. The number of rotatable bonds is 7. The molecule has 0 aromatic heterocycles. The van der Waals surface area contributed by atoms with Gasteiger partial charge in [0, 0.05) is 26.1 Å². The van der Waals surface area contributed by atoms with E-state index in [1.165, 1.54) is 0 Å². The fraction of sp³-hybridized carbons (Fsp3) is 0.588. The first-order chi connectivity index (χ1) is 10.9. The second-order valence-electron chi connectivity index (χ2n) is 6.45. The van der Waals surface area contributed by atoms with Gasteiger partial charge in [-0.1, -0.05) is 26.0 Å². The Bertz CT molecular complexity index is 618. The van der Waals surface area contributed by atoms with Gasteiger partial charge in [0.2, 0.25) is 15.9 Å². The maximum absolute atomic E-state index is 12.4. The van der Waals surface area contributed by atoms with Crippen LogP contribution in [0.25, 0.3) is 0 Å². The van der Waals surface area contributed by atoms with Crippen molar-refractivity contribution in [3.05, 3.63) is 29.8 Å². The summed E-state index contributed by atoms with van der Waals surface area (Å²) in [4.78, 5) is 12.0. The third-order valence-corrected chi connectivity index (χ3v) is 5.89. The van der Waals surface area contributed by atoms with E-state index in [4.69, 9.17) is 0 Å². The minimum atomic E-state index is -3.35. The highest BCUT2D eigenvalue weighted by Crippen LogP contribution is 2.21. The maximum Gasteiger partial charge on any atom is 0.243 e. The van der Waals surface area contributed by atoms with Gasteiger partial charge < -0.3 is 5.32 Å². The van der Waals surface area contributed by atoms with Crippen molar-refractivity contribution in [2.75, 3.05) is 19.6 Å². The molecule has 1 amide bonds. The van der Waals surface area contributed by atoms with E-state index in [1.807, 2.05) is 0 Å². The molecular formula is C17H26N2O3S. The summed E-state index contributed by atoms with van der Waals surface area (Å²) in [5.74, 6) is 0.474. The van der Waals surface area contributed by atoms with Crippen molar-refractivity contribution in [2.45, 2.75) is 44.4 Å². The van der Waals surface area contributed by atoms with Gasteiger partial charge in [-0.2, -0.15) is 4.31 Å². The predicted octanol–water partition coefficient (Wildman–Crippen LogP) is 2.18. The van der Waals surface area contributed by atoms with Gasteiger partial charge in [0.25, 0.3) is 0 Å². The molecule has 1 aromatic carbocycles. The molecule has 1 aliphatic rings. The van der Waals surface area contributed by atoms with Crippen LogP contribution in [-0.2, 0) is 21.2 Å². The van der Waals surface area contributed by atoms with E-state index >= 15 is 0 Å². The van der Waals surface area contributed by atoms with Crippen LogP contribution in [0.15, 0.2) is 29.2 Å². The molecule has 23 heavy (non-hydrogen) atoms. The first-order valence-electron chi connectivity index (χ1n) is 8.25. The van der Waals surface area contributed by atoms with Crippen LogP contribution in [0.5, 0.6) is 0 Å². The zero-order valence-electron chi connectivity index (χ0n) is 13.9. The molecule has 1 heterocycles. The molecule has 1 aliphatic heterocycles. The number of carbonyl (C=O) groups excluding carboxylic acids is 1. The zero-order chi connectivity index (χ0) is 16.9. The summed E-state index contributed by atoms with van der Waals surface area (Å²) in [6.07, 6.45) is 2.91. The Kier molecular flexibility index (Phi) is 6.18. The first kappa shape index (κ1) is 17.9. The lowest BCUT2D eigenvalue weighted by Gasteiger charge is -2.15. The number of carbonyl (C=O) groups is 1. The van der Waals surface area contributed by atoms with Crippen LogP contribution in [0.1, 0.15) is 38.7 Å². The van der Waals surface area contributed by atoms with Crippen LogP contribution in [0.3, 0.4) is 0 Å². The second kappa shape index (κ2) is 7.93. The van der Waals surface area contributed by atoms with Crippen molar-refractivity contribution in [1.82, 2.24) is 9.62 Å². The molecule has 1 aromatic rings. The van der Waals surface area contributed by atoms with Crippen LogP contribution in [0.4, 0.5) is 0 Å². The van der Waals surface area contributed by atoms with Gasteiger partial charge in [0.05, 0.1) is 4.90 Å². The number of nitrogens with one attached hydrogen (secondary N) is 1. The number of hydrogen-bond acceptors (Lipinski definition) is 3. The smallest absolute Gasteiger partial charge is 0.243 e. The van der Waals surface area contributed by atoms with Gasteiger partial charge in [0.1, 0.15) is 0 Å². The molecular weight excluding hydrogens is 312 g/mol. The molecule has 0 radical (unpaired) electrons. The molecule has 1 saturated heterocycles. The van der Waals surface area contributed by atoms with Crippen molar-refractivity contribution in [1.29, 1.82) is 0 Å². The third kappa shape index (κ3) is 5.04. The Morgan fingerprint density at radius 3 is 2.35 bits per heavy atom. The normalized spacial score (nSPS) is 16.0. The quantitative estimate of drug-likeness (QED) is 0.828. The number of amides is 1. The van der Waals surface area contributed by atoms with E-state index in [0.717, 1.165) is 18.4 Å². The molecule has 2 rings (SSSR count). The molecule has 0 atom stereocenters. The first-order valence-corrected chi connectivity index (χ1v) is 9.69. The molecule has 0 spiro atoms. The van der Waals surface area contributed by atoms with Crippen molar-refractivity contribution in [2.24, 2.45) is 5.92 Å². The van der Waals surface area contributed by atoms with Crippen molar-refractivity contribution < 1.29 is 13.2 Å². The molecule has 0 saturated carbocycles. The summed E-state index contributed by atoms with van der Waals surface area (Å²) in [6.45, 7) is 6.02. The number of benzene rings is 1. The number of nitrogens with zero attached hydrogens (tertiary/aromatic N) is 1. The van der Waals surface area contributed by atoms with Crippen molar-refractivity contribution >= 4 is 15.9 Å². The highest BCUT2D eigenvalue weighted by molar-refractivity contribution is 7.89.